The van der Waals surface area contributed by atoms with Crippen LogP contribution in [0.1, 0.15) is 42.6 Å². The van der Waals surface area contributed by atoms with Crippen LogP contribution in [0.5, 0.6) is 0 Å². The fraction of sp³-hybridized carbons (Fsp3) is 0.579. The SMILES string of the molecule is CC(C)C(=O)N(C)Cc1ccc(C(=O)NCCC2CCNC2)cc1.Cl. The third kappa shape index (κ3) is 6.67. The van der Waals surface area contributed by atoms with Gasteiger partial charge in [-0.25, -0.2) is 0 Å². The van der Waals surface area contributed by atoms with Crippen LogP contribution in [0.4, 0.5) is 0 Å². The number of carbonyl (C=O) groups excluding carboxylic acids is 2. The molecule has 25 heavy (non-hydrogen) atoms. The molecule has 2 rings (SSSR count). The van der Waals surface area contributed by atoms with Crippen molar-refractivity contribution in [3.8, 4) is 0 Å². The van der Waals surface area contributed by atoms with E-state index in [9.17, 15) is 9.59 Å². The summed E-state index contributed by atoms with van der Waals surface area (Å²) in [6, 6.07) is 7.49. The van der Waals surface area contributed by atoms with Crippen LogP contribution in [-0.4, -0.2) is 43.4 Å². The van der Waals surface area contributed by atoms with Gasteiger partial charge in [0, 0.05) is 31.6 Å². The van der Waals surface area contributed by atoms with Crippen LogP contribution in [0, 0.1) is 11.8 Å². The molecule has 0 bridgehead atoms. The van der Waals surface area contributed by atoms with Crippen molar-refractivity contribution in [1.29, 1.82) is 0 Å². The van der Waals surface area contributed by atoms with Gasteiger partial charge in [-0.05, 0) is 49.5 Å². The number of amides is 2. The summed E-state index contributed by atoms with van der Waals surface area (Å²) in [7, 11) is 1.81. The zero-order valence-corrected chi connectivity index (χ0v) is 16.2. The van der Waals surface area contributed by atoms with Crippen LogP contribution in [0.15, 0.2) is 24.3 Å². The molecule has 1 aromatic rings. The Kier molecular flexibility index (Phi) is 8.93. The first-order valence-corrected chi connectivity index (χ1v) is 8.80. The maximum absolute atomic E-state index is 12.2. The summed E-state index contributed by atoms with van der Waals surface area (Å²) in [5, 5.41) is 6.33. The third-order valence-corrected chi connectivity index (χ3v) is 4.51. The normalized spacial score (nSPS) is 16.4. The molecule has 2 amide bonds. The van der Waals surface area contributed by atoms with Crippen LogP contribution < -0.4 is 10.6 Å². The number of rotatable bonds is 7. The zero-order chi connectivity index (χ0) is 17.5. The lowest BCUT2D eigenvalue weighted by Gasteiger charge is -2.19. The van der Waals surface area contributed by atoms with Gasteiger partial charge in [0.1, 0.15) is 0 Å². The number of benzene rings is 1. The molecule has 1 atom stereocenters. The molecule has 0 radical (unpaired) electrons. The largest absolute Gasteiger partial charge is 0.352 e. The lowest BCUT2D eigenvalue weighted by atomic mass is 10.1. The summed E-state index contributed by atoms with van der Waals surface area (Å²) in [6.07, 6.45) is 2.23. The Morgan fingerprint density at radius 1 is 1.28 bits per heavy atom. The average molecular weight is 368 g/mol. The number of hydrogen-bond acceptors (Lipinski definition) is 3. The first-order chi connectivity index (χ1) is 11.5. The Hall–Kier alpha value is -1.59. The predicted molar refractivity (Wildman–Crippen MR) is 103 cm³/mol. The van der Waals surface area contributed by atoms with E-state index in [4.69, 9.17) is 0 Å². The van der Waals surface area contributed by atoms with E-state index < -0.39 is 0 Å². The smallest absolute Gasteiger partial charge is 0.251 e. The molecule has 1 aliphatic rings. The summed E-state index contributed by atoms with van der Waals surface area (Å²) < 4.78 is 0. The number of nitrogens with one attached hydrogen (secondary N) is 2. The maximum Gasteiger partial charge on any atom is 0.251 e. The van der Waals surface area contributed by atoms with E-state index in [0.29, 0.717) is 18.0 Å². The minimum absolute atomic E-state index is 0. The second-order valence-electron chi connectivity index (χ2n) is 6.95. The first-order valence-electron chi connectivity index (χ1n) is 8.80. The molecular formula is C19H30ClN3O2. The number of carbonyl (C=O) groups is 2. The molecule has 0 aromatic heterocycles. The average Bonchev–Trinajstić information content (AvgIpc) is 3.08. The highest BCUT2D eigenvalue weighted by molar-refractivity contribution is 5.94. The summed E-state index contributed by atoms with van der Waals surface area (Å²) in [5.41, 5.74) is 1.70. The third-order valence-electron chi connectivity index (χ3n) is 4.51. The van der Waals surface area contributed by atoms with Crippen molar-refractivity contribution in [1.82, 2.24) is 15.5 Å². The van der Waals surface area contributed by atoms with Crippen LogP contribution >= 0.6 is 12.4 Å². The van der Waals surface area contributed by atoms with Crippen molar-refractivity contribution >= 4 is 24.2 Å². The number of hydrogen-bond donors (Lipinski definition) is 2. The van der Waals surface area contributed by atoms with Gasteiger partial charge in [-0.2, -0.15) is 0 Å². The van der Waals surface area contributed by atoms with E-state index in [0.717, 1.165) is 31.6 Å². The fourth-order valence-corrected chi connectivity index (χ4v) is 3.01. The van der Waals surface area contributed by atoms with Gasteiger partial charge in [-0.1, -0.05) is 26.0 Å². The standard InChI is InChI=1S/C19H29N3O2.ClH/c1-14(2)19(24)22(3)13-16-4-6-17(7-5-16)18(23)21-11-9-15-8-10-20-12-15;/h4-7,14-15,20H,8-13H2,1-3H3,(H,21,23);1H. The Bertz CT molecular complexity index is 554. The van der Waals surface area contributed by atoms with Gasteiger partial charge in [0.15, 0.2) is 0 Å². The molecule has 6 heteroatoms. The molecule has 1 fully saturated rings. The quantitative estimate of drug-likeness (QED) is 0.778. The molecule has 0 aliphatic carbocycles. The molecule has 1 heterocycles. The molecule has 5 nitrogen and oxygen atoms in total. The van der Waals surface area contributed by atoms with Gasteiger partial charge in [0.25, 0.3) is 5.91 Å². The molecule has 140 valence electrons. The highest BCUT2D eigenvalue weighted by Gasteiger charge is 2.15. The van der Waals surface area contributed by atoms with E-state index in [2.05, 4.69) is 10.6 Å². The molecule has 2 N–H and O–H groups in total. The van der Waals surface area contributed by atoms with Gasteiger partial charge in [-0.15, -0.1) is 12.4 Å². The summed E-state index contributed by atoms with van der Waals surface area (Å²) in [5.74, 6) is 0.772. The molecule has 1 unspecified atom stereocenters. The lowest BCUT2D eigenvalue weighted by molar-refractivity contribution is -0.133. The van der Waals surface area contributed by atoms with Crippen LogP contribution in [0.25, 0.3) is 0 Å². The van der Waals surface area contributed by atoms with Crippen molar-refractivity contribution < 1.29 is 9.59 Å². The zero-order valence-electron chi connectivity index (χ0n) is 15.4. The van der Waals surface area contributed by atoms with Crippen molar-refractivity contribution in [3.05, 3.63) is 35.4 Å². The summed E-state index contributed by atoms with van der Waals surface area (Å²) in [6.45, 7) is 7.23. The Morgan fingerprint density at radius 3 is 2.52 bits per heavy atom. The van der Waals surface area contributed by atoms with Crippen molar-refractivity contribution in [2.24, 2.45) is 11.8 Å². The molecule has 1 aliphatic heterocycles. The van der Waals surface area contributed by atoms with E-state index in [-0.39, 0.29) is 30.1 Å². The van der Waals surface area contributed by atoms with Crippen molar-refractivity contribution in [2.45, 2.75) is 33.2 Å². The monoisotopic (exact) mass is 367 g/mol. The minimum Gasteiger partial charge on any atom is -0.352 e. The van der Waals surface area contributed by atoms with Crippen LogP contribution in [0.3, 0.4) is 0 Å². The topological polar surface area (TPSA) is 61.4 Å². The van der Waals surface area contributed by atoms with E-state index in [1.807, 2.05) is 38.1 Å². The molecule has 1 aromatic carbocycles. The maximum atomic E-state index is 12.2. The Labute approximate surface area is 157 Å². The minimum atomic E-state index is -0.0286. The summed E-state index contributed by atoms with van der Waals surface area (Å²) >= 11 is 0. The fourth-order valence-electron chi connectivity index (χ4n) is 3.01. The second kappa shape index (κ2) is 10.4. The van der Waals surface area contributed by atoms with Crippen molar-refractivity contribution in [3.63, 3.8) is 0 Å². The molecular weight excluding hydrogens is 338 g/mol. The van der Waals surface area contributed by atoms with Gasteiger partial charge in [-0.3, -0.25) is 9.59 Å². The lowest BCUT2D eigenvalue weighted by Crippen LogP contribution is -2.30. The predicted octanol–water partition coefficient (Wildman–Crippen LogP) is 2.45. The molecule has 0 spiro atoms. The van der Waals surface area contributed by atoms with Gasteiger partial charge in [0.2, 0.25) is 5.91 Å². The van der Waals surface area contributed by atoms with Crippen LogP contribution in [0.2, 0.25) is 0 Å². The van der Waals surface area contributed by atoms with E-state index in [1.165, 1.54) is 6.42 Å². The number of nitrogens with zero attached hydrogens (tertiary/aromatic N) is 1. The first kappa shape index (κ1) is 21.5. The summed E-state index contributed by atoms with van der Waals surface area (Å²) in [4.78, 5) is 25.8. The second-order valence-corrected chi connectivity index (χ2v) is 6.95. The Balaban J connectivity index is 0.00000312. The Morgan fingerprint density at radius 2 is 1.96 bits per heavy atom. The van der Waals surface area contributed by atoms with Crippen LogP contribution in [-0.2, 0) is 11.3 Å². The van der Waals surface area contributed by atoms with E-state index in [1.54, 1.807) is 11.9 Å². The molecule has 1 saturated heterocycles. The van der Waals surface area contributed by atoms with Gasteiger partial charge in [0.05, 0.1) is 0 Å². The van der Waals surface area contributed by atoms with Gasteiger partial charge < -0.3 is 15.5 Å². The highest BCUT2D eigenvalue weighted by atomic mass is 35.5. The van der Waals surface area contributed by atoms with Crippen molar-refractivity contribution in [2.75, 3.05) is 26.7 Å². The number of halogens is 1. The van der Waals surface area contributed by atoms with E-state index >= 15 is 0 Å². The van der Waals surface area contributed by atoms with Gasteiger partial charge >= 0.3 is 0 Å². The molecule has 0 saturated carbocycles. The highest BCUT2D eigenvalue weighted by Crippen LogP contribution is 2.12.